The van der Waals surface area contributed by atoms with Crippen LogP contribution in [0, 0.1) is 0 Å². The van der Waals surface area contributed by atoms with Crippen LogP contribution in [0.15, 0.2) is 54.7 Å². The fraction of sp³-hybridized carbons (Fsp3) is 0.190. The van der Waals surface area contributed by atoms with E-state index < -0.39 is 6.36 Å². The van der Waals surface area contributed by atoms with Crippen molar-refractivity contribution in [1.82, 2.24) is 19.9 Å². The van der Waals surface area contributed by atoms with Crippen molar-refractivity contribution in [2.45, 2.75) is 6.36 Å². The van der Waals surface area contributed by atoms with E-state index in [1.54, 1.807) is 55.5 Å². The first-order valence-electron chi connectivity index (χ1n) is 9.03. The summed E-state index contributed by atoms with van der Waals surface area (Å²) in [4.78, 5) is 14.8. The maximum Gasteiger partial charge on any atom is 0.573 e. The minimum Gasteiger partial charge on any atom is -0.497 e. The van der Waals surface area contributed by atoms with Crippen LogP contribution in [-0.2, 0) is 0 Å². The average Bonchev–Trinajstić information content (AvgIpc) is 3.15. The molecule has 0 unspecified atom stereocenters. The van der Waals surface area contributed by atoms with Gasteiger partial charge in [0, 0.05) is 25.9 Å². The van der Waals surface area contributed by atoms with Gasteiger partial charge in [0.1, 0.15) is 17.2 Å². The molecule has 7 nitrogen and oxygen atoms in total. The van der Waals surface area contributed by atoms with Crippen LogP contribution < -0.4 is 9.47 Å². The second-order valence-electron chi connectivity index (χ2n) is 6.61. The van der Waals surface area contributed by atoms with E-state index in [2.05, 4.69) is 15.0 Å². The van der Waals surface area contributed by atoms with Crippen molar-refractivity contribution in [2.75, 3.05) is 21.2 Å². The zero-order valence-corrected chi connectivity index (χ0v) is 16.9. The molecular weight excluding hydrogens is 413 g/mol. The number of hydrogen-bond acceptors (Lipinski definition) is 6. The van der Waals surface area contributed by atoms with Gasteiger partial charge in [0.05, 0.1) is 12.8 Å². The second-order valence-corrected chi connectivity index (χ2v) is 6.61. The SMILES string of the molecule is COc1ccc(C(=O)c2nnn(-c3ccc(OC(F)(F)F)cc3)c2C=CN(C)C)cc1. The van der Waals surface area contributed by atoms with Gasteiger partial charge >= 0.3 is 6.36 Å². The minimum absolute atomic E-state index is 0.0962. The van der Waals surface area contributed by atoms with Crippen molar-refractivity contribution in [3.05, 3.63) is 71.7 Å². The summed E-state index contributed by atoms with van der Waals surface area (Å²) in [6.07, 6.45) is -1.43. The molecule has 0 aliphatic carbocycles. The predicted octanol–water partition coefficient (Wildman–Crippen LogP) is 3.94. The van der Waals surface area contributed by atoms with Crippen LogP contribution in [0.25, 0.3) is 11.8 Å². The molecule has 31 heavy (non-hydrogen) atoms. The Bertz CT molecular complexity index is 1070. The summed E-state index contributed by atoms with van der Waals surface area (Å²) in [6, 6.07) is 11.7. The van der Waals surface area contributed by atoms with Crippen LogP contribution in [0.4, 0.5) is 13.2 Å². The molecule has 0 aliphatic heterocycles. The summed E-state index contributed by atoms with van der Waals surface area (Å²) in [7, 11) is 5.13. The van der Waals surface area contributed by atoms with E-state index in [1.165, 1.54) is 23.9 Å². The Balaban J connectivity index is 1.99. The number of nitrogens with zero attached hydrogens (tertiary/aromatic N) is 4. The van der Waals surface area contributed by atoms with Gasteiger partial charge < -0.3 is 14.4 Å². The number of carbonyl (C=O) groups excluding carboxylic acids is 1. The van der Waals surface area contributed by atoms with Gasteiger partial charge in [-0.3, -0.25) is 4.79 Å². The average molecular weight is 432 g/mol. The lowest BCUT2D eigenvalue weighted by Gasteiger charge is -2.10. The molecule has 162 valence electrons. The van der Waals surface area contributed by atoms with Crippen LogP contribution in [0.5, 0.6) is 11.5 Å². The van der Waals surface area contributed by atoms with Crippen molar-refractivity contribution in [3.63, 3.8) is 0 Å². The van der Waals surface area contributed by atoms with Gasteiger partial charge in [-0.05, 0) is 54.6 Å². The Labute approximate surface area is 176 Å². The first-order valence-corrected chi connectivity index (χ1v) is 9.03. The van der Waals surface area contributed by atoms with E-state index in [9.17, 15) is 18.0 Å². The zero-order chi connectivity index (χ0) is 22.6. The summed E-state index contributed by atoms with van der Waals surface area (Å²) < 4.78 is 47.6. The van der Waals surface area contributed by atoms with Gasteiger partial charge in [-0.25, -0.2) is 4.68 Å². The first-order chi connectivity index (χ1) is 14.7. The molecule has 1 aromatic heterocycles. The highest BCUT2D eigenvalue weighted by Gasteiger charge is 2.31. The molecule has 0 atom stereocenters. The van der Waals surface area contributed by atoms with Crippen LogP contribution >= 0.6 is 0 Å². The fourth-order valence-corrected chi connectivity index (χ4v) is 2.68. The molecular formula is C21H19F3N4O3. The number of rotatable bonds is 7. The minimum atomic E-state index is -4.79. The van der Waals surface area contributed by atoms with Gasteiger partial charge in [-0.1, -0.05) is 5.21 Å². The molecule has 0 amide bonds. The van der Waals surface area contributed by atoms with Crippen molar-refractivity contribution >= 4 is 11.9 Å². The van der Waals surface area contributed by atoms with E-state index in [0.717, 1.165) is 12.1 Å². The summed E-state index contributed by atoms with van der Waals surface area (Å²) in [5, 5.41) is 8.06. The van der Waals surface area contributed by atoms with E-state index in [-0.39, 0.29) is 17.2 Å². The molecule has 0 bridgehead atoms. The van der Waals surface area contributed by atoms with Gasteiger partial charge in [0.2, 0.25) is 5.78 Å². The number of ether oxygens (including phenoxy) is 2. The smallest absolute Gasteiger partial charge is 0.497 e. The third-order valence-corrected chi connectivity index (χ3v) is 4.12. The third kappa shape index (κ3) is 5.41. The number of hydrogen-bond donors (Lipinski definition) is 0. The largest absolute Gasteiger partial charge is 0.573 e. The molecule has 0 saturated heterocycles. The molecule has 0 saturated carbocycles. The van der Waals surface area contributed by atoms with E-state index >= 15 is 0 Å². The molecule has 0 fully saturated rings. The number of ketones is 1. The maximum absolute atomic E-state index is 13.0. The molecule has 3 rings (SSSR count). The maximum atomic E-state index is 13.0. The van der Waals surface area contributed by atoms with Crippen LogP contribution in [0.1, 0.15) is 21.7 Å². The molecule has 0 aliphatic rings. The lowest BCUT2D eigenvalue weighted by atomic mass is 10.1. The monoisotopic (exact) mass is 432 g/mol. The lowest BCUT2D eigenvalue weighted by molar-refractivity contribution is -0.274. The van der Waals surface area contributed by atoms with Crippen molar-refractivity contribution in [1.29, 1.82) is 0 Å². The van der Waals surface area contributed by atoms with Crippen molar-refractivity contribution in [2.24, 2.45) is 0 Å². The van der Waals surface area contributed by atoms with Crippen LogP contribution in [-0.4, -0.2) is 53.2 Å². The van der Waals surface area contributed by atoms with E-state index in [0.29, 0.717) is 22.7 Å². The fourth-order valence-electron chi connectivity index (χ4n) is 2.68. The quantitative estimate of drug-likeness (QED) is 0.527. The topological polar surface area (TPSA) is 69.5 Å². The number of halogens is 3. The summed E-state index contributed by atoms with van der Waals surface area (Å²) >= 11 is 0. The van der Waals surface area contributed by atoms with E-state index in [1.807, 2.05) is 0 Å². The normalized spacial score (nSPS) is 11.5. The Kier molecular flexibility index (Phi) is 6.28. The van der Waals surface area contributed by atoms with Crippen LogP contribution in [0.3, 0.4) is 0 Å². The number of aromatic nitrogens is 3. The Hall–Kier alpha value is -3.82. The summed E-state index contributed by atoms with van der Waals surface area (Å²) in [5.41, 5.74) is 1.27. The number of alkyl halides is 3. The van der Waals surface area contributed by atoms with Crippen LogP contribution in [0.2, 0.25) is 0 Å². The van der Waals surface area contributed by atoms with Gasteiger partial charge in [-0.15, -0.1) is 18.3 Å². The van der Waals surface area contributed by atoms with Gasteiger partial charge in [-0.2, -0.15) is 0 Å². The van der Waals surface area contributed by atoms with E-state index in [4.69, 9.17) is 4.74 Å². The molecule has 1 heterocycles. The lowest BCUT2D eigenvalue weighted by Crippen LogP contribution is -2.17. The molecule has 10 heteroatoms. The highest BCUT2D eigenvalue weighted by Crippen LogP contribution is 2.25. The molecule has 0 radical (unpaired) electrons. The molecule has 0 N–H and O–H groups in total. The zero-order valence-electron chi connectivity index (χ0n) is 16.9. The Morgan fingerprint density at radius 1 is 1.03 bits per heavy atom. The molecule has 2 aromatic carbocycles. The summed E-state index contributed by atoms with van der Waals surface area (Å²) in [6.45, 7) is 0. The number of benzene rings is 2. The third-order valence-electron chi connectivity index (χ3n) is 4.12. The second kappa shape index (κ2) is 8.90. The Morgan fingerprint density at radius 2 is 1.65 bits per heavy atom. The van der Waals surface area contributed by atoms with Crippen molar-refractivity contribution in [3.8, 4) is 17.2 Å². The highest BCUT2D eigenvalue weighted by molar-refractivity contribution is 6.09. The molecule has 3 aromatic rings. The van der Waals surface area contributed by atoms with Crippen molar-refractivity contribution < 1.29 is 27.4 Å². The summed E-state index contributed by atoms with van der Waals surface area (Å²) in [5.74, 6) is -0.116. The van der Waals surface area contributed by atoms with Gasteiger partial charge in [0.25, 0.3) is 0 Å². The standard InChI is InChI=1S/C21H19F3N4O3/c1-27(2)13-12-18-19(20(29)14-4-8-16(30-3)9-5-14)25-26-28(18)15-6-10-17(11-7-15)31-21(22,23)24/h4-13H,1-3H3. The van der Waals surface area contributed by atoms with Gasteiger partial charge in [0.15, 0.2) is 5.69 Å². The first kappa shape index (κ1) is 21.9. The predicted molar refractivity (Wildman–Crippen MR) is 107 cm³/mol. The Morgan fingerprint density at radius 3 is 2.19 bits per heavy atom. The molecule has 0 spiro atoms. The number of carbonyl (C=O) groups is 1. The highest BCUT2D eigenvalue weighted by atomic mass is 19.4. The number of methoxy groups -OCH3 is 1.